The van der Waals surface area contributed by atoms with E-state index in [2.05, 4.69) is 255 Å². The molecule has 0 fully saturated rings. The van der Waals surface area contributed by atoms with Gasteiger partial charge < -0.3 is 9.64 Å². The lowest BCUT2D eigenvalue weighted by atomic mass is 9.66. The Labute approximate surface area is 393 Å². The molecule has 1 aliphatic heterocycles. The maximum Gasteiger partial charge on any atom is 0.132 e. The Hall–Kier alpha value is -7.94. The Balaban J connectivity index is 0.952. The number of hydrogen-bond donors (Lipinski definition) is 0. The molecule has 0 saturated heterocycles. The monoisotopic (exact) mass is 859 g/mol. The van der Waals surface area contributed by atoms with Gasteiger partial charge in [-0.2, -0.15) is 0 Å². The average molecular weight is 860 g/mol. The van der Waals surface area contributed by atoms with E-state index < -0.39 is 5.41 Å². The summed E-state index contributed by atoms with van der Waals surface area (Å²) < 4.78 is 6.62. The zero-order valence-corrected chi connectivity index (χ0v) is 37.7. The van der Waals surface area contributed by atoms with Crippen molar-refractivity contribution in [2.24, 2.45) is 5.92 Å². The van der Waals surface area contributed by atoms with E-state index in [0.29, 0.717) is 11.8 Å². The first kappa shape index (κ1) is 39.4. The summed E-state index contributed by atoms with van der Waals surface area (Å²) >= 11 is 0. The third-order valence-corrected chi connectivity index (χ3v) is 15.0. The predicted octanol–water partition coefficient (Wildman–Crippen LogP) is 16.6. The lowest BCUT2D eigenvalue weighted by Gasteiger charge is -2.35. The van der Waals surface area contributed by atoms with Crippen LogP contribution >= 0.6 is 0 Å². The smallest absolute Gasteiger partial charge is 0.132 e. The Kier molecular flexibility index (Phi) is 9.18. The lowest BCUT2D eigenvalue weighted by Crippen LogP contribution is -2.29. The summed E-state index contributed by atoms with van der Waals surface area (Å²) in [4.78, 5) is 2.44. The number of nitrogens with zero attached hydrogens (tertiary/aromatic N) is 1. The van der Waals surface area contributed by atoms with Crippen molar-refractivity contribution in [1.82, 2.24) is 0 Å². The van der Waals surface area contributed by atoms with E-state index in [-0.39, 0.29) is 12.0 Å². The number of benzene rings is 9. The number of fused-ring (bicyclic) bond motifs is 9. The van der Waals surface area contributed by atoms with E-state index in [1.165, 1.54) is 72.3 Å². The number of hydrogen-bond acceptors (Lipinski definition) is 2. The molecule has 9 aromatic carbocycles. The predicted molar refractivity (Wildman–Crippen MR) is 277 cm³/mol. The van der Waals surface area contributed by atoms with Crippen molar-refractivity contribution < 1.29 is 4.74 Å². The molecule has 0 saturated carbocycles. The Bertz CT molecular complexity index is 3380. The molecule has 3 aliphatic carbocycles. The van der Waals surface area contributed by atoms with Crippen molar-refractivity contribution in [2.45, 2.75) is 37.2 Å². The molecule has 0 radical (unpaired) electrons. The zero-order chi connectivity index (χ0) is 44.6. The molecule has 3 atom stereocenters. The molecule has 9 aromatic rings. The minimum Gasteiger partial charge on any atom is -0.484 e. The molecule has 4 aliphatic rings. The van der Waals surface area contributed by atoms with Crippen LogP contribution in [0.1, 0.15) is 64.6 Å². The first-order valence-electron chi connectivity index (χ1n) is 23.8. The largest absolute Gasteiger partial charge is 0.484 e. The van der Waals surface area contributed by atoms with Crippen LogP contribution in [0.25, 0.3) is 44.5 Å². The molecule has 0 N–H and O–H groups in total. The summed E-state index contributed by atoms with van der Waals surface area (Å²) in [6, 6.07) is 79.2. The van der Waals surface area contributed by atoms with Crippen LogP contribution in [0.2, 0.25) is 0 Å². The molecule has 0 aromatic heterocycles. The van der Waals surface area contributed by atoms with Crippen LogP contribution < -0.4 is 9.64 Å². The summed E-state index contributed by atoms with van der Waals surface area (Å²) in [7, 11) is 0. The Morgan fingerprint density at radius 3 is 1.69 bits per heavy atom. The highest BCUT2D eigenvalue weighted by Gasteiger charge is 2.47. The van der Waals surface area contributed by atoms with Gasteiger partial charge in [-0.05, 0) is 121 Å². The minimum atomic E-state index is -0.498. The fraction of sp³-hybridized carbons (Fsp3) is 0.108. The topological polar surface area (TPSA) is 12.5 Å². The molecule has 2 nitrogen and oxygen atoms in total. The van der Waals surface area contributed by atoms with Crippen molar-refractivity contribution in [1.29, 1.82) is 0 Å². The normalized spacial score (nSPS) is 17.5. The van der Waals surface area contributed by atoms with Crippen LogP contribution in [-0.4, -0.2) is 6.10 Å². The van der Waals surface area contributed by atoms with Gasteiger partial charge in [-0.1, -0.05) is 208 Å². The third-order valence-electron chi connectivity index (χ3n) is 15.0. The number of para-hydroxylation sites is 1. The summed E-state index contributed by atoms with van der Waals surface area (Å²) in [5.41, 5.74) is 22.1. The molecule has 0 bridgehead atoms. The highest BCUT2D eigenvalue weighted by atomic mass is 16.5. The minimum absolute atomic E-state index is 0.0415. The van der Waals surface area contributed by atoms with Gasteiger partial charge in [0.25, 0.3) is 0 Å². The van der Waals surface area contributed by atoms with Gasteiger partial charge in [0.05, 0.1) is 5.41 Å². The Morgan fingerprint density at radius 2 is 0.970 bits per heavy atom. The average Bonchev–Trinajstić information content (AvgIpc) is 4.04. The second-order valence-corrected chi connectivity index (χ2v) is 18.9. The molecule has 0 amide bonds. The second-order valence-electron chi connectivity index (χ2n) is 18.9. The van der Waals surface area contributed by atoms with Crippen LogP contribution in [0.15, 0.2) is 237 Å². The fourth-order valence-electron chi connectivity index (χ4n) is 12.2. The second kappa shape index (κ2) is 15.6. The van der Waals surface area contributed by atoms with E-state index >= 15 is 0 Å². The van der Waals surface area contributed by atoms with Gasteiger partial charge in [-0.3, -0.25) is 0 Å². The van der Waals surface area contributed by atoms with Crippen molar-refractivity contribution in [2.75, 3.05) is 4.90 Å². The fourth-order valence-corrected chi connectivity index (χ4v) is 12.2. The maximum absolute atomic E-state index is 6.62. The number of allylic oxidation sites excluding steroid dienone is 2. The van der Waals surface area contributed by atoms with E-state index in [1.54, 1.807) is 0 Å². The molecule has 13 rings (SSSR count). The van der Waals surface area contributed by atoms with E-state index in [4.69, 9.17) is 4.74 Å². The van der Waals surface area contributed by atoms with Gasteiger partial charge in [0.15, 0.2) is 0 Å². The van der Waals surface area contributed by atoms with Crippen LogP contribution in [0, 0.1) is 5.92 Å². The molecule has 2 heteroatoms. The summed E-state index contributed by atoms with van der Waals surface area (Å²) in [6.45, 7) is 4.71. The molecule has 3 unspecified atom stereocenters. The molecular weight excluding hydrogens is 811 g/mol. The van der Waals surface area contributed by atoms with Crippen LogP contribution in [0.3, 0.4) is 0 Å². The van der Waals surface area contributed by atoms with Crippen molar-refractivity contribution in [3.05, 3.63) is 276 Å². The van der Waals surface area contributed by atoms with Gasteiger partial charge in [0, 0.05) is 40.0 Å². The Morgan fingerprint density at radius 1 is 0.433 bits per heavy atom. The maximum atomic E-state index is 6.62. The SMILES string of the molecule is CC(C)C1c2ccccc2-c2ccc(N(c3ccc(-c4cccc5c4OC4C=CC=CC54)cc3)c3ccc(-c4cccc5c4C(c4ccccc4)(c4ccccc4)c4ccccc4-5)cc3)cc21. The lowest BCUT2D eigenvalue weighted by molar-refractivity contribution is 0.270. The quantitative estimate of drug-likeness (QED) is 0.151. The molecular formula is C65H49NO. The molecule has 1 heterocycles. The highest BCUT2D eigenvalue weighted by Crippen LogP contribution is 2.59. The van der Waals surface area contributed by atoms with Crippen LogP contribution in [0.5, 0.6) is 5.75 Å². The van der Waals surface area contributed by atoms with Crippen molar-refractivity contribution in [3.63, 3.8) is 0 Å². The van der Waals surface area contributed by atoms with E-state index in [9.17, 15) is 0 Å². The number of rotatable bonds is 8. The van der Waals surface area contributed by atoms with Gasteiger partial charge in [0.1, 0.15) is 11.9 Å². The van der Waals surface area contributed by atoms with Crippen molar-refractivity contribution >= 4 is 17.1 Å². The first-order valence-corrected chi connectivity index (χ1v) is 23.8. The summed E-state index contributed by atoms with van der Waals surface area (Å²) in [5.74, 6) is 2.02. The van der Waals surface area contributed by atoms with Crippen LogP contribution in [-0.2, 0) is 5.41 Å². The number of anilines is 3. The summed E-state index contributed by atoms with van der Waals surface area (Å²) in [5, 5.41) is 0. The van der Waals surface area contributed by atoms with Crippen LogP contribution in [0.4, 0.5) is 17.1 Å². The number of ether oxygens (including phenoxy) is 1. The van der Waals surface area contributed by atoms with Crippen molar-refractivity contribution in [3.8, 4) is 50.3 Å². The first-order chi connectivity index (χ1) is 33.1. The third kappa shape index (κ3) is 6.02. The van der Waals surface area contributed by atoms with Gasteiger partial charge >= 0.3 is 0 Å². The highest BCUT2D eigenvalue weighted by molar-refractivity contribution is 5.93. The van der Waals surface area contributed by atoms with Gasteiger partial charge in [-0.25, -0.2) is 0 Å². The van der Waals surface area contributed by atoms with E-state index in [0.717, 1.165) is 33.9 Å². The standard InChI is InChI=1S/C65H49NO/c1-42(2)62-56-24-10-9-21-52(56)53-40-39-49(41-59(53)62)66(48-37-33-44(34-38-48)51-26-16-28-58-55-23-12-14-30-61(55)67-64(51)58)47-35-31-43(32-36-47)50-25-15-27-57-54-22-11-13-29-60(54)65(63(50)57,45-17-5-3-6-18-45)46-19-7-4-8-20-46/h3-42,55,61-62H,1-2H3. The van der Waals surface area contributed by atoms with Gasteiger partial charge in [-0.15, -0.1) is 0 Å². The zero-order valence-electron chi connectivity index (χ0n) is 37.7. The van der Waals surface area contributed by atoms with E-state index in [1.807, 2.05) is 0 Å². The molecule has 67 heavy (non-hydrogen) atoms. The molecule has 0 spiro atoms. The molecule has 320 valence electrons. The summed E-state index contributed by atoms with van der Waals surface area (Å²) in [6.07, 6.45) is 8.71. The van der Waals surface area contributed by atoms with Gasteiger partial charge in [0.2, 0.25) is 0 Å².